The molecule has 1 fully saturated rings. The zero-order valence-corrected chi connectivity index (χ0v) is 19.5. The third kappa shape index (κ3) is 5.33. The number of amides is 3. The third-order valence-corrected chi connectivity index (χ3v) is 6.52. The Hall–Kier alpha value is -3.53. The maximum atomic E-state index is 13.1. The van der Waals surface area contributed by atoms with Crippen molar-refractivity contribution in [1.29, 1.82) is 0 Å². The van der Waals surface area contributed by atoms with E-state index in [0.717, 1.165) is 37.1 Å². The molecule has 5 rings (SSSR count). The van der Waals surface area contributed by atoms with E-state index in [1.807, 2.05) is 6.07 Å². The fourth-order valence-electron chi connectivity index (χ4n) is 4.71. The minimum absolute atomic E-state index is 0.0588. The number of anilines is 2. The molecule has 1 saturated heterocycles. The van der Waals surface area contributed by atoms with Crippen LogP contribution in [-0.4, -0.2) is 42.7 Å². The summed E-state index contributed by atoms with van der Waals surface area (Å²) in [6.45, 7) is 1.98. The zero-order valence-electron chi connectivity index (χ0n) is 19.5. The highest BCUT2D eigenvalue weighted by Gasteiger charge is 2.32. The van der Waals surface area contributed by atoms with Gasteiger partial charge in [-0.15, -0.1) is 0 Å². The van der Waals surface area contributed by atoms with Crippen molar-refractivity contribution in [2.45, 2.75) is 44.5 Å². The smallest absolute Gasteiger partial charge is 0.416 e. The highest BCUT2D eigenvalue weighted by atomic mass is 19.4. The Morgan fingerprint density at radius 1 is 1.17 bits per heavy atom. The number of carbonyl (C=O) groups is 2. The lowest BCUT2D eigenvalue weighted by Gasteiger charge is -2.31. The summed E-state index contributed by atoms with van der Waals surface area (Å²) in [5.74, 6) is -0.301. The summed E-state index contributed by atoms with van der Waals surface area (Å²) in [7, 11) is 0. The van der Waals surface area contributed by atoms with E-state index in [0.29, 0.717) is 48.4 Å². The van der Waals surface area contributed by atoms with E-state index in [4.69, 9.17) is 9.47 Å². The molecule has 2 N–H and O–H groups in total. The summed E-state index contributed by atoms with van der Waals surface area (Å²) >= 11 is 0. The molecule has 3 heterocycles. The van der Waals surface area contributed by atoms with Crippen molar-refractivity contribution in [3.63, 3.8) is 0 Å². The maximum Gasteiger partial charge on any atom is 0.416 e. The standard InChI is InChI=1S/C26H26F3N3O4/c27-26(28,29)18-6-8-21-16(3-1-10-36-23(21)12-18)11-24(33)30-19-7-5-17-14-32(15-20-4-2-9-35-20)25(34)31-22(17)13-19/h5-8,11-13,20H,1-4,9-10,14-15H2,(H,30,33)(H,31,34). The third-order valence-electron chi connectivity index (χ3n) is 6.52. The van der Waals surface area contributed by atoms with Gasteiger partial charge in [0.05, 0.1) is 18.3 Å². The molecule has 2 aromatic carbocycles. The van der Waals surface area contributed by atoms with Crippen LogP contribution in [-0.2, 0) is 22.3 Å². The first-order chi connectivity index (χ1) is 17.3. The molecule has 1 unspecified atom stereocenters. The van der Waals surface area contributed by atoms with Crippen LogP contribution in [0.1, 0.15) is 42.4 Å². The second-order valence-electron chi connectivity index (χ2n) is 9.14. The van der Waals surface area contributed by atoms with Gasteiger partial charge >= 0.3 is 12.2 Å². The Bertz CT molecular complexity index is 1210. The molecule has 36 heavy (non-hydrogen) atoms. The van der Waals surface area contributed by atoms with Gasteiger partial charge in [0.15, 0.2) is 0 Å². The van der Waals surface area contributed by atoms with Crippen LogP contribution in [0.5, 0.6) is 5.75 Å². The van der Waals surface area contributed by atoms with Crippen molar-refractivity contribution in [3.8, 4) is 5.75 Å². The Morgan fingerprint density at radius 2 is 2.03 bits per heavy atom. The van der Waals surface area contributed by atoms with Gasteiger partial charge in [-0.05, 0) is 61.1 Å². The van der Waals surface area contributed by atoms with E-state index >= 15 is 0 Å². The van der Waals surface area contributed by atoms with E-state index in [-0.39, 0.29) is 24.5 Å². The van der Waals surface area contributed by atoms with Crippen LogP contribution in [0.4, 0.5) is 29.3 Å². The molecule has 3 amide bonds. The molecule has 0 saturated carbocycles. The number of halogens is 3. The predicted molar refractivity (Wildman–Crippen MR) is 128 cm³/mol. The molecular formula is C26H26F3N3O4. The minimum Gasteiger partial charge on any atom is -0.493 e. The molecule has 0 aromatic heterocycles. The average Bonchev–Trinajstić information content (AvgIpc) is 3.26. The van der Waals surface area contributed by atoms with Crippen LogP contribution >= 0.6 is 0 Å². The molecule has 3 aliphatic heterocycles. The van der Waals surface area contributed by atoms with Gasteiger partial charge in [0, 0.05) is 42.7 Å². The molecule has 1 atom stereocenters. The van der Waals surface area contributed by atoms with Crippen molar-refractivity contribution >= 4 is 28.9 Å². The summed E-state index contributed by atoms with van der Waals surface area (Å²) < 4.78 is 50.4. The second-order valence-corrected chi connectivity index (χ2v) is 9.14. The summed E-state index contributed by atoms with van der Waals surface area (Å²) in [5.41, 5.74) is 2.34. The Morgan fingerprint density at radius 3 is 2.81 bits per heavy atom. The van der Waals surface area contributed by atoms with Gasteiger partial charge in [0.25, 0.3) is 0 Å². The number of rotatable bonds is 4. The summed E-state index contributed by atoms with van der Waals surface area (Å²) in [6.07, 6.45) is -0.0180. The number of fused-ring (bicyclic) bond motifs is 2. The molecular weight excluding hydrogens is 475 g/mol. The normalized spacial score (nSPS) is 20.8. The SMILES string of the molecule is O=C(C=C1CCCOc2cc(C(F)(F)F)ccc21)Nc1ccc2c(c1)NC(=O)N(CC1CCCO1)C2. The Labute approximate surface area is 206 Å². The number of nitrogens with one attached hydrogen (secondary N) is 2. The Kier molecular flexibility index (Phi) is 6.61. The van der Waals surface area contributed by atoms with E-state index in [9.17, 15) is 22.8 Å². The van der Waals surface area contributed by atoms with Gasteiger partial charge < -0.3 is 25.0 Å². The van der Waals surface area contributed by atoms with Gasteiger partial charge in [-0.25, -0.2) is 4.79 Å². The number of alkyl halides is 3. The highest BCUT2D eigenvalue weighted by Crippen LogP contribution is 2.38. The van der Waals surface area contributed by atoms with E-state index < -0.39 is 17.6 Å². The minimum atomic E-state index is -4.48. The average molecular weight is 502 g/mol. The molecule has 0 radical (unpaired) electrons. The number of hydrogen-bond acceptors (Lipinski definition) is 4. The maximum absolute atomic E-state index is 13.1. The number of ether oxygens (including phenoxy) is 2. The highest BCUT2D eigenvalue weighted by molar-refractivity contribution is 6.05. The molecule has 3 aliphatic rings. The first-order valence-corrected chi connectivity index (χ1v) is 11.9. The lowest BCUT2D eigenvalue weighted by atomic mass is 9.99. The van der Waals surface area contributed by atoms with Gasteiger partial charge in [-0.3, -0.25) is 4.79 Å². The monoisotopic (exact) mass is 501 g/mol. The molecule has 10 heteroatoms. The van der Waals surface area contributed by atoms with Crippen LogP contribution in [0.3, 0.4) is 0 Å². The van der Waals surface area contributed by atoms with Crippen LogP contribution in [0.15, 0.2) is 42.5 Å². The molecule has 7 nitrogen and oxygen atoms in total. The quantitative estimate of drug-likeness (QED) is 0.548. The molecule has 0 spiro atoms. The molecule has 2 aromatic rings. The lowest BCUT2D eigenvalue weighted by Crippen LogP contribution is -2.42. The summed E-state index contributed by atoms with van der Waals surface area (Å²) in [6, 6.07) is 8.42. The van der Waals surface area contributed by atoms with Crippen LogP contribution in [0, 0.1) is 0 Å². The Balaban J connectivity index is 1.29. The van der Waals surface area contributed by atoms with Gasteiger partial charge in [-0.1, -0.05) is 12.1 Å². The van der Waals surface area contributed by atoms with E-state index in [1.165, 1.54) is 12.1 Å². The summed E-state index contributed by atoms with van der Waals surface area (Å²) in [5, 5.41) is 5.66. The summed E-state index contributed by atoms with van der Waals surface area (Å²) in [4.78, 5) is 27.1. The van der Waals surface area contributed by atoms with E-state index in [2.05, 4.69) is 10.6 Å². The molecule has 0 aliphatic carbocycles. The van der Waals surface area contributed by atoms with E-state index in [1.54, 1.807) is 17.0 Å². The number of allylic oxidation sites excluding steroid dienone is 1. The first-order valence-electron chi connectivity index (χ1n) is 11.9. The number of carbonyl (C=O) groups excluding carboxylic acids is 2. The van der Waals surface area contributed by atoms with Crippen LogP contribution in [0.2, 0.25) is 0 Å². The van der Waals surface area contributed by atoms with Gasteiger partial charge in [-0.2, -0.15) is 13.2 Å². The predicted octanol–water partition coefficient (Wildman–Crippen LogP) is 5.43. The lowest BCUT2D eigenvalue weighted by molar-refractivity contribution is -0.137. The number of benzene rings is 2. The van der Waals surface area contributed by atoms with Crippen molar-refractivity contribution in [1.82, 2.24) is 4.90 Å². The fourth-order valence-corrected chi connectivity index (χ4v) is 4.71. The largest absolute Gasteiger partial charge is 0.493 e. The number of urea groups is 1. The number of hydrogen-bond donors (Lipinski definition) is 2. The van der Waals surface area contributed by atoms with Crippen LogP contribution in [0.25, 0.3) is 5.57 Å². The number of nitrogens with zero attached hydrogens (tertiary/aromatic N) is 1. The fraction of sp³-hybridized carbons (Fsp3) is 0.385. The first kappa shape index (κ1) is 24.2. The van der Waals surface area contributed by atoms with Gasteiger partial charge in [0.2, 0.25) is 5.91 Å². The zero-order chi connectivity index (χ0) is 25.3. The van der Waals surface area contributed by atoms with Crippen molar-refractivity contribution in [2.24, 2.45) is 0 Å². The molecule has 190 valence electrons. The van der Waals surface area contributed by atoms with Crippen molar-refractivity contribution in [2.75, 3.05) is 30.4 Å². The van der Waals surface area contributed by atoms with Crippen molar-refractivity contribution in [3.05, 3.63) is 59.2 Å². The van der Waals surface area contributed by atoms with Crippen molar-refractivity contribution < 1.29 is 32.2 Å². The molecule has 0 bridgehead atoms. The van der Waals surface area contributed by atoms with Crippen LogP contribution < -0.4 is 15.4 Å². The topological polar surface area (TPSA) is 79.9 Å². The van der Waals surface area contributed by atoms with Gasteiger partial charge in [0.1, 0.15) is 5.75 Å². The second kappa shape index (κ2) is 9.85.